The standard InChI is InChI=1S/C27H38N2O5S3/c1-4-7-13-27(5-2)20-29(22-11-9-8-10-12-22)23-17-24(36-15-14-30)21(16-25(23)37(32,33)28-27)18-35-19-26(31)34-6-3/h8-12,16-17,28,30H,4-7,13-15,18-20H2,1-3H3. The second-order valence-electron chi connectivity index (χ2n) is 9.06. The van der Waals surface area contributed by atoms with E-state index in [1.165, 1.54) is 23.5 Å². The number of benzene rings is 2. The highest BCUT2D eigenvalue weighted by Gasteiger charge is 2.41. The molecule has 0 aromatic heterocycles. The van der Waals surface area contributed by atoms with Gasteiger partial charge < -0.3 is 14.7 Å². The van der Waals surface area contributed by atoms with E-state index in [2.05, 4.69) is 16.5 Å². The van der Waals surface area contributed by atoms with Gasteiger partial charge >= 0.3 is 5.97 Å². The Morgan fingerprint density at radius 1 is 1.19 bits per heavy atom. The Morgan fingerprint density at radius 3 is 2.59 bits per heavy atom. The molecule has 2 N–H and O–H groups in total. The summed E-state index contributed by atoms with van der Waals surface area (Å²) in [5.41, 5.74) is 1.77. The first kappa shape index (κ1) is 29.8. The molecule has 1 unspecified atom stereocenters. The van der Waals surface area contributed by atoms with Gasteiger partial charge in [-0.2, -0.15) is 0 Å². The van der Waals surface area contributed by atoms with Crippen LogP contribution in [0.2, 0.25) is 0 Å². The van der Waals surface area contributed by atoms with E-state index in [9.17, 15) is 18.3 Å². The van der Waals surface area contributed by atoms with Gasteiger partial charge in [-0.25, -0.2) is 13.1 Å². The number of ether oxygens (including phenoxy) is 1. The summed E-state index contributed by atoms with van der Waals surface area (Å²) in [7, 11) is -3.83. The van der Waals surface area contributed by atoms with Gasteiger partial charge in [0.1, 0.15) is 4.90 Å². The number of fused-ring (bicyclic) bond motifs is 1. The quantitative estimate of drug-likeness (QED) is 0.248. The first-order chi connectivity index (χ1) is 17.8. The highest BCUT2D eigenvalue weighted by Crippen LogP contribution is 2.42. The predicted molar refractivity (Wildman–Crippen MR) is 153 cm³/mol. The smallest absolute Gasteiger partial charge is 0.315 e. The van der Waals surface area contributed by atoms with Gasteiger partial charge in [-0.05, 0) is 49.6 Å². The number of unbranched alkanes of at least 4 members (excludes halogenated alkanes) is 1. The summed E-state index contributed by atoms with van der Waals surface area (Å²) in [6, 6.07) is 13.6. The van der Waals surface area contributed by atoms with Gasteiger partial charge in [0.2, 0.25) is 10.0 Å². The molecule has 37 heavy (non-hydrogen) atoms. The van der Waals surface area contributed by atoms with E-state index in [1.807, 2.05) is 43.3 Å². The molecule has 0 bridgehead atoms. The van der Waals surface area contributed by atoms with Crippen LogP contribution in [0.4, 0.5) is 11.4 Å². The molecular formula is C27H38N2O5S3. The van der Waals surface area contributed by atoms with Crippen molar-refractivity contribution in [3.63, 3.8) is 0 Å². The molecule has 1 heterocycles. The molecule has 204 valence electrons. The van der Waals surface area contributed by atoms with Crippen LogP contribution in [-0.4, -0.2) is 56.3 Å². The topological polar surface area (TPSA) is 95.9 Å². The van der Waals surface area contributed by atoms with Crippen LogP contribution in [0.15, 0.2) is 52.3 Å². The number of hydrogen-bond donors (Lipinski definition) is 2. The molecule has 1 aliphatic heterocycles. The van der Waals surface area contributed by atoms with Crippen molar-refractivity contribution < 1.29 is 23.1 Å². The molecule has 0 aliphatic carbocycles. The monoisotopic (exact) mass is 566 g/mol. The number of aliphatic hydroxyl groups excluding tert-OH is 1. The van der Waals surface area contributed by atoms with Crippen molar-refractivity contribution >= 4 is 50.9 Å². The zero-order valence-electron chi connectivity index (χ0n) is 21.9. The fourth-order valence-electron chi connectivity index (χ4n) is 4.47. The van der Waals surface area contributed by atoms with Crippen LogP contribution in [0.1, 0.15) is 52.0 Å². The minimum Gasteiger partial charge on any atom is -0.465 e. The molecule has 2 aromatic carbocycles. The Bertz CT molecular complexity index is 1140. The van der Waals surface area contributed by atoms with Crippen LogP contribution in [0.25, 0.3) is 0 Å². The number of carbonyl (C=O) groups excluding carboxylic acids is 1. The summed E-state index contributed by atoms with van der Waals surface area (Å²) in [5.74, 6) is 0.835. The van der Waals surface area contributed by atoms with Crippen LogP contribution in [0.5, 0.6) is 0 Å². The van der Waals surface area contributed by atoms with Crippen LogP contribution in [0.3, 0.4) is 0 Å². The number of carbonyl (C=O) groups is 1. The number of nitrogens with zero attached hydrogens (tertiary/aromatic N) is 1. The number of hydrogen-bond acceptors (Lipinski definition) is 8. The van der Waals surface area contributed by atoms with Crippen molar-refractivity contribution in [2.75, 3.05) is 36.2 Å². The van der Waals surface area contributed by atoms with E-state index in [1.54, 1.807) is 13.0 Å². The van der Waals surface area contributed by atoms with Gasteiger partial charge in [-0.1, -0.05) is 44.9 Å². The number of sulfonamides is 1. The molecule has 1 atom stereocenters. The molecule has 1 aliphatic rings. The van der Waals surface area contributed by atoms with Crippen molar-refractivity contribution in [1.82, 2.24) is 4.72 Å². The summed E-state index contributed by atoms with van der Waals surface area (Å²) in [6.45, 7) is 6.77. The van der Waals surface area contributed by atoms with E-state index in [4.69, 9.17) is 4.74 Å². The van der Waals surface area contributed by atoms with E-state index in [-0.39, 0.29) is 23.2 Å². The van der Waals surface area contributed by atoms with Crippen molar-refractivity contribution in [2.24, 2.45) is 0 Å². The van der Waals surface area contributed by atoms with Crippen molar-refractivity contribution in [1.29, 1.82) is 0 Å². The third kappa shape index (κ3) is 7.66. The zero-order chi connectivity index (χ0) is 26.9. The van der Waals surface area contributed by atoms with E-state index >= 15 is 0 Å². The molecule has 7 nitrogen and oxygen atoms in total. The molecule has 0 spiro atoms. The number of para-hydroxylation sites is 1. The lowest BCUT2D eigenvalue weighted by Crippen LogP contribution is -2.52. The van der Waals surface area contributed by atoms with Crippen molar-refractivity contribution in [3.8, 4) is 0 Å². The molecule has 0 saturated carbocycles. The van der Waals surface area contributed by atoms with Crippen LogP contribution >= 0.6 is 23.5 Å². The number of thioether (sulfide) groups is 2. The lowest BCUT2D eigenvalue weighted by atomic mass is 9.89. The molecule has 0 saturated heterocycles. The molecule has 3 rings (SSSR count). The van der Waals surface area contributed by atoms with Gasteiger partial charge in [0.15, 0.2) is 0 Å². The summed E-state index contributed by atoms with van der Waals surface area (Å²) < 4.78 is 35.9. The number of nitrogens with one attached hydrogen (secondary N) is 1. The second kappa shape index (κ2) is 13.9. The van der Waals surface area contributed by atoms with Crippen LogP contribution in [0, 0.1) is 0 Å². The summed E-state index contributed by atoms with van der Waals surface area (Å²) in [5, 5.41) is 9.50. The Balaban J connectivity index is 2.13. The second-order valence-corrected chi connectivity index (χ2v) is 12.8. The maximum absolute atomic E-state index is 13.9. The average molecular weight is 567 g/mol. The Kier molecular flexibility index (Phi) is 11.2. The van der Waals surface area contributed by atoms with E-state index in [0.717, 1.165) is 35.4 Å². The lowest BCUT2D eigenvalue weighted by molar-refractivity contribution is -0.139. The summed E-state index contributed by atoms with van der Waals surface area (Å²) in [6.07, 6.45) is 3.30. The largest absolute Gasteiger partial charge is 0.465 e. The zero-order valence-corrected chi connectivity index (χ0v) is 24.3. The van der Waals surface area contributed by atoms with Gasteiger partial charge in [0.25, 0.3) is 0 Å². The van der Waals surface area contributed by atoms with Crippen molar-refractivity contribution in [3.05, 3.63) is 48.0 Å². The number of rotatable bonds is 13. The highest BCUT2D eigenvalue weighted by molar-refractivity contribution is 8.00. The van der Waals surface area contributed by atoms with Gasteiger partial charge in [-0.3, -0.25) is 4.79 Å². The molecule has 0 radical (unpaired) electrons. The molecule has 2 aromatic rings. The predicted octanol–water partition coefficient (Wildman–Crippen LogP) is 5.34. The lowest BCUT2D eigenvalue weighted by Gasteiger charge is -2.36. The maximum atomic E-state index is 13.9. The highest BCUT2D eigenvalue weighted by atomic mass is 32.2. The normalized spacial score (nSPS) is 18.8. The maximum Gasteiger partial charge on any atom is 0.315 e. The van der Waals surface area contributed by atoms with E-state index < -0.39 is 15.6 Å². The Morgan fingerprint density at radius 2 is 1.95 bits per heavy atom. The Labute approximate surface area is 229 Å². The van der Waals surface area contributed by atoms with Crippen LogP contribution in [-0.2, 0) is 25.3 Å². The van der Waals surface area contributed by atoms with Gasteiger partial charge in [0, 0.05) is 28.6 Å². The van der Waals surface area contributed by atoms with E-state index in [0.29, 0.717) is 36.8 Å². The van der Waals surface area contributed by atoms with Gasteiger partial charge in [-0.15, -0.1) is 23.5 Å². The summed E-state index contributed by atoms with van der Waals surface area (Å²) in [4.78, 5) is 15.1. The molecule has 0 amide bonds. The molecule has 10 heteroatoms. The fourth-order valence-corrected chi connectivity index (χ4v) is 7.93. The fraction of sp³-hybridized carbons (Fsp3) is 0.519. The number of anilines is 2. The van der Waals surface area contributed by atoms with Crippen molar-refractivity contribution in [2.45, 2.75) is 67.5 Å². The third-order valence-corrected chi connectivity index (χ3v) is 10.1. The Hall–Kier alpha value is -1.72. The van der Waals surface area contributed by atoms with Gasteiger partial charge in [0.05, 0.1) is 30.2 Å². The van der Waals surface area contributed by atoms with Crippen LogP contribution < -0.4 is 9.62 Å². The molecular weight excluding hydrogens is 529 g/mol. The average Bonchev–Trinajstić information content (AvgIpc) is 2.99. The minimum absolute atomic E-state index is 0.00930. The first-order valence-electron chi connectivity index (χ1n) is 12.8. The SMILES string of the molecule is CCCCC1(CC)CN(c2ccccc2)c2cc(SCCO)c(CSCC(=O)OCC)cc2S(=O)(=O)N1. The first-order valence-corrected chi connectivity index (χ1v) is 16.4. The molecule has 0 fully saturated rings. The number of aliphatic hydroxyl groups is 1. The minimum atomic E-state index is -3.83. The third-order valence-electron chi connectivity index (χ3n) is 6.42. The number of esters is 1. The summed E-state index contributed by atoms with van der Waals surface area (Å²) >= 11 is 2.88.